The molecule has 0 saturated heterocycles. The van der Waals surface area contributed by atoms with Crippen LogP contribution in [0.5, 0.6) is 0 Å². The van der Waals surface area contributed by atoms with Crippen LogP contribution in [0.3, 0.4) is 0 Å². The predicted octanol–water partition coefficient (Wildman–Crippen LogP) is 3.42. The highest BCUT2D eigenvalue weighted by Gasteiger charge is 2.18. The summed E-state index contributed by atoms with van der Waals surface area (Å²) in [4.78, 5) is 29.4. The van der Waals surface area contributed by atoms with Gasteiger partial charge in [-0.1, -0.05) is 35.5 Å². The first-order valence-electron chi connectivity index (χ1n) is 9.14. The van der Waals surface area contributed by atoms with Gasteiger partial charge in [0.15, 0.2) is 5.16 Å². The number of benzene rings is 1. The van der Waals surface area contributed by atoms with E-state index in [0.29, 0.717) is 22.6 Å². The summed E-state index contributed by atoms with van der Waals surface area (Å²) in [7, 11) is 1.70. The summed E-state index contributed by atoms with van der Waals surface area (Å²) >= 11 is 1.32. The van der Waals surface area contributed by atoms with Crippen LogP contribution in [0.2, 0.25) is 0 Å². The average molecular weight is 372 g/mol. The van der Waals surface area contributed by atoms with Crippen molar-refractivity contribution < 1.29 is 4.79 Å². The van der Waals surface area contributed by atoms with Gasteiger partial charge in [-0.25, -0.2) is 4.98 Å². The predicted molar refractivity (Wildman–Crippen MR) is 106 cm³/mol. The molecule has 1 atom stereocenters. The third kappa shape index (κ3) is 4.36. The molecule has 0 radical (unpaired) electrons. The highest BCUT2D eigenvalue weighted by Crippen LogP contribution is 2.22. The van der Waals surface area contributed by atoms with Crippen molar-refractivity contribution in [3.05, 3.63) is 46.3 Å². The number of amides is 1. The van der Waals surface area contributed by atoms with Crippen molar-refractivity contribution >= 4 is 28.6 Å². The van der Waals surface area contributed by atoms with Crippen LogP contribution in [-0.2, 0) is 11.8 Å². The minimum absolute atomic E-state index is 0.0196. The van der Waals surface area contributed by atoms with E-state index in [0.717, 1.165) is 19.3 Å². The van der Waals surface area contributed by atoms with Crippen LogP contribution < -0.4 is 10.9 Å². The Morgan fingerprint density at radius 2 is 2.15 bits per heavy atom. The number of thioether (sulfide) groups is 1. The number of carbonyl (C=O) groups is 1. The van der Waals surface area contributed by atoms with Crippen LogP contribution in [0.25, 0.3) is 10.9 Å². The molecule has 0 aliphatic heterocycles. The topological polar surface area (TPSA) is 64.0 Å². The van der Waals surface area contributed by atoms with Gasteiger partial charge in [-0.15, -0.1) is 0 Å². The lowest BCUT2D eigenvalue weighted by Gasteiger charge is -2.15. The number of allylic oxidation sites excluding steroid dienone is 1. The summed E-state index contributed by atoms with van der Waals surface area (Å²) in [6, 6.07) is 7.29. The molecule has 3 rings (SSSR count). The number of nitrogens with zero attached hydrogens (tertiary/aromatic N) is 2. The molecule has 138 valence electrons. The van der Waals surface area contributed by atoms with Gasteiger partial charge in [-0.05, 0) is 51.2 Å². The molecule has 0 unspecified atom stereocenters. The quantitative estimate of drug-likeness (QED) is 0.480. The van der Waals surface area contributed by atoms with E-state index in [9.17, 15) is 9.59 Å². The van der Waals surface area contributed by atoms with Crippen molar-refractivity contribution in [3.8, 4) is 0 Å². The highest BCUT2D eigenvalue weighted by atomic mass is 32.2. The average Bonchev–Trinajstić information content (AvgIpc) is 2.66. The molecule has 1 aliphatic carbocycles. The minimum atomic E-state index is -0.311. The fourth-order valence-electron chi connectivity index (χ4n) is 3.14. The molecular formula is C20H25N3O2S. The summed E-state index contributed by atoms with van der Waals surface area (Å²) in [6.45, 7) is 2.51. The van der Waals surface area contributed by atoms with Crippen LogP contribution in [0.4, 0.5) is 0 Å². The van der Waals surface area contributed by atoms with Crippen molar-refractivity contribution in [2.75, 3.05) is 6.54 Å². The molecule has 1 aliphatic rings. The smallest absolute Gasteiger partial charge is 0.261 e. The van der Waals surface area contributed by atoms with Gasteiger partial charge in [-0.2, -0.15) is 0 Å². The van der Waals surface area contributed by atoms with E-state index in [1.165, 1.54) is 34.7 Å². The van der Waals surface area contributed by atoms with Gasteiger partial charge in [-0.3, -0.25) is 14.2 Å². The van der Waals surface area contributed by atoms with E-state index in [1.54, 1.807) is 13.1 Å². The number of hydrogen-bond acceptors (Lipinski definition) is 4. The molecule has 6 heteroatoms. The van der Waals surface area contributed by atoms with Gasteiger partial charge in [0.05, 0.1) is 16.2 Å². The summed E-state index contributed by atoms with van der Waals surface area (Å²) < 4.78 is 1.52. The number of carbonyl (C=O) groups excluding carboxylic acids is 1. The fraction of sp³-hybridized carbons (Fsp3) is 0.450. The highest BCUT2D eigenvalue weighted by molar-refractivity contribution is 8.00. The lowest BCUT2D eigenvalue weighted by molar-refractivity contribution is -0.120. The summed E-state index contributed by atoms with van der Waals surface area (Å²) in [5, 5.41) is 3.85. The van der Waals surface area contributed by atoms with Gasteiger partial charge in [0.1, 0.15) is 0 Å². The number of nitrogens with one attached hydrogen (secondary N) is 1. The van der Waals surface area contributed by atoms with Gasteiger partial charge in [0.2, 0.25) is 5.91 Å². The molecule has 5 nitrogen and oxygen atoms in total. The van der Waals surface area contributed by atoms with Gasteiger partial charge >= 0.3 is 0 Å². The zero-order chi connectivity index (χ0) is 18.5. The number of para-hydroxylation sites is 1. The molecule has 0 spiro atoms. The SMILES string of the molecule is C[C@@H](Sc1nc2ccccc2c(=O)n1C)C(=O)NCCC1=CCCCC1. The molecule has 0 saturated carbocycles. The first kappa shape index (κ1) is 18.7. The van der Waals surface area contributed by atoms with Crippen LogP contribution in [0.15, 0.2) is 45.9 Å². The van der Waals surface area contributed by atoms with Gasteiger partial charge in [0, 0.05) is 13.6 Å². The Morgan fingerprint density at radius 1 is 1.35 bits per heavy atom. The van der Waals surface area contributed by atoms with E-state index < -0.39 is 0 Å². The second-order valence-corrected chi connectivity index (χ2v) is 7.99. The molecule has 1 heterocycles. The normalized spacial score (nSPS) is 15.5. The first-order valence-corrected chi connectivity index (χ1v) is 10.0. The molecule has 0 fully saturated rings. The summed E-state index contributed by atoms with van der Waals surface area (Å²) in [6.07, 6.45) is 8.09. The van der Waals surface area contributed by atoms with E-state index in [2.05, 4.69) is 16.4 Å². The second kappa shape index (κ2) is 8.54. The zero-order valence-electron chi connectivity index (χ0n) is 15.3. The Balaban J connectivity index is 1.62. The molecular weight excluding hydrogens is 346 g/mol. The second-order valence-electron chi connectivity index (χ2n) is 6.68. The maximum absolute atomic E-state index is 12.5. The van der Waals surface area contributed by atoms with E-state index in [-0.39, 0.29) is 16.7 Å². The van der Waals surface area contributed by atoms with Crippen molar-refractivity contribution in [3.63, 3.8) is 0 Å². The Labute approximate surface area is 157 Å². The first-order chi connectivity index (χ1) is 12.6. The van der Waals surface area contributed by atoms with E-state index >= 15 is 0 Å². The monoisotopic (exact) mass is 371 g/mol. The third-order valence-corrected chi connectivity index (χ3v) is 5.87. The summed E-state index contributed by atoms with van der Waals surface area (Å²) in [5.74, 6) is -0.0196. The molecule has 2 aromatic rings. The number of aromatic nitrogens is 2. The van der Waals surface area contributed by atoms with Crippen molar-refractivity contribution in [2.45, 2.75) is 49.4 Å². The lowest BCUT2D eigenvalue weighted by Crippen LogP contribution is -2.32. The zero-order valence-corrected chi connectivity index (χ0v) is 16.1. The van der Waals surface area contributed by atoms with Crippen LogP contribution in [0.1, 0.15) is 39.0 Å². The van der Waals surface area contributed by atoms with Crippen molar-refractivity contribution in [1.29, 1.82) is 0 Å². The van der Waals surface area contributed by atoms with Gasteiger partial charge in [0.25, 0.3) is 5.56 Å². The Hall–Kier alpha value is -2.08. The number of fused-ring (bicyclic) bond motifs is 1. The molecule has 1 aromatic carbocycles. The number of rotatable bonds is 6. The van der Waals surface area contributed by atoms with Crippen molar-refractivity contribution in [1.82, 2.24) is 14.9 Å². The minimum Gasteiger partial charge on any atom is -0.355 e. The van der Waals surface area contributed by atoms with Crippen LogP contribution >= 0.6 is 11.8 Å². The fourth-order valence-corrected chi connectivity index (χ4v) is 4.03. The maximum Gasteiger partial charge on any atom is 0.261 e. The van der Waals surface area contributed by atoms with E-state index in [4.69, 9.17) is 0 Å². The van der Waals surface area contributed by atoms with Gasteiger partial charge < -0.3 is 5.32 Å². The third-order valence-electron chi connectivity index (χ3n) is 4.72. The Kier molecular flexibility index (Phi) is 6.14. The van der Waals surface area contributed by atoms with Crippen LogP contribution in [-0.4, -0.2) is 27.3 Å². The molecule has 1 amide bonds. The van der Waals surface area contributed by atoms with Crippen molar-refractivity contribution in [2.24, 2.45) is 7.05 Å². The molecule has 1 N–H and O–H groups in total. The van der Waals surface area contributed by atoms with Crippen LogP contribution in [0, 0.1) is 0 Å². The molecule has 26 heavy (non-hydrogen) atoms. The summed E-state index contributed by atoms with van der Waals surface area (Å²) in [5.41, 5.74) is 2.03. The molecule has 0 bridgehead atoms. The molecule has 1 aromatic heterocycles. The standard InChI is InChI=1S/C20H25N3O2S/c1-14(18(24)21-13-12-15-8-4-3-5-9-15)26-20-22-17-11-7-6-10-16(17)19(25)23(20)2/h6-8,10-11,14H,3-5,9,12-13H2,1-2H3,(H,21,24)/t14-/m1/s1. The number of hydrogen-bond donors (Lipinski definition) is 1. The maximum atomic E-state index is 12.5. The Morgan fingerprint density at radius 3 is 2.92 bits per heavy atom. The Bertz CT molecular complexity index is 888. The largest absolute Gasteiger partial charge is 0.355 e. The lowest BCUT2D eigenvalue weighted by atomic mass is 9.97. The van der Waals surface area contributed by atoms with E-state index in [1.807, 2.05) is 25.1 Å².